The highest BCUT2D eigenvalue weighted by atomic mass is 16.5. The summed E-state index contributed by atoms with van der Waals surface area (Å²) in [6.07, 6.45) is 7.48. The second kappa shape index (κ2) is 6.79. The van der Waals surface area contributed by atoms with Crippen molar-refractivity contribution in [2.45, 2.75) is 12.1 Å². The lowest BCUT2D eigenvalue weighted by Gasteiger charge is -2.49. The minimum absolute atomic E-state index is 0.0415. The fourth-order valence-electron chi connectivity index (χ4n) is 3.16. The van der Waals surface area contributed by atoms with E-state index < -0.39 is 6.10 Å². The molecule has 0 N–H and O–H groups in total. The summed E-state index contributed by atoms with van der Waals surface area (Å²) in [6.45, 7) is 0. The summed E-state index contributed by atoms with van der Waals surface area (Å²) < 4.78 is 11.2. The van der Waals surface area contributed by atoms with E-state index in [0.717, 1.165) is 17.4 Å². The molecule has 0 aromatic heterocycles. The maximum Gasteiger partial charge on any atom is 0.270 e. The van der Waals surface area contributed by atoms with Gasteiger partial charge in [0.1, 0.15) is 11.5 Å². The summed E-state index contributed by atoms with van der Waals surface area (Å²) in [5.41, 5.74) is 0.838. The Morgan fingerprint density at radius 3 is 2.20 bits per heavy atom. The summed E-state index contributed by atoms with van der Waals surface area (Å²) in [7, 11) is 1.63. The van der Waals surface area contributed by atoms with E-state index in [9.17, 15) is 4.79 Å². The second-order valence-electron chi connectivity index (χ2n) is 5.92. The van der Waals surface area contributed by atoms with Gasteiger partial charge in [-0.1, -0.05) is 18.2 Å². The maximum atomic E-state index is 12.8. The van der Waals surface area contributed by atoms with Crippen LogP contribution in [0, 0.1) is 31.6 Å². The van der Waals surface area contributed by atoms with Crippen LogP contribution in [0.15, 0.2) is 54.6 Å². The number of para-hydroxylation sites is 1. The molecule has 1 aliphatic carbocycles. The molecule has 125 valence electrons. The third kappa shape index (κ3) is 2.97. The van der Waals surface area contributed by atoms with Crippen molar-refractivity contribution >= 4 is 11.6 Å². The van der Waals surface area contributed by atoms with Crippen molar-refractivity contribution in [3.63, 3.8) is 0 Å². The number of β-lactam (4-membered cyclic amide) rings is 1. The molecule has 2 aromatic rings. The summed E-state index contributed by atoms with van der Waals surface area (Å²) in [5.74, 6) is 2.49. The van der Waals surface area contributed by atoms with E-state index in [1.54, 1.807) is 12.0 Å². The van der Waals surface area contributed by atoms with Crippen LogP contribution in [0.5, 0.6) is 11.5 Å². The van der Waals surface area contributed by atoms with Gasteiger partial charge in [0.25, 0.3) is 5.91 Å². The highest BCUT2D eigenvalue weighted by Crippen LogP contribution is 2.41. The molecule has 0 unspecified atom stereocenters. The Hall–Kier alpha value is -2.49. The molecule has 4 rings (SSSR count). The molecule has 2 fully saturated rings. The number of amides is 1. The number of hydrogen-bond donors (Lipinski definition) is 0. The summed E-state index contributed by atoms with van der Waals surface area (Å²) in [4.78, 5) is 14.6. The SMILES string of the molecule is COc1ccc(N2C(=O)[C@@H](Oc3ccccc3)[C@@H]2[C]2[CH][CH][CH][CH]2)cc1. The van der Waals surface area contributed by atoms with E-state index >= 15 is 0 Å². The van der Waals surface area contributed by atoms with Crippen LogP contribution in [0.2, 0.25) is 0 Å². The van der Waals surface area contributed by atoms with Crippen LogP contribution in [0.3, 0.4) is 0 Å². The fraction of sp³-hybridized carbons (Fsp3) is 0.143. The van der Waals surface area contributed by atoms with Gasteiger partial charge in [-0.25, -0.2) is 0 Å². The van der Waals surface area contributed by atoms with Crippen molar-refractivity contribution in [2.24, 2.45) is 0 Å². The monoisotopic (exact) mass is 332 g/mol. The number of ether oxygens (including phenoxy) is 2. The summed E-state index contributed by atoms with van der Waals surface area (Å²) in [5, 5.41) is 0. The summed E-state index contributed by atoms with van der Waals surface area (Å²) >= 11 is 0. The van der Waals surface area contributed by atoms with Gasteiger partial charge in [-0.15, -0.1) is 0 Å². The van der Waals surface area contributed by atoms with Crippen LogP contribution in [-0.2, 0) is 4.79 Å². The molecule has 1 saturated heterocycles. The number of nitrogens with zero attached hydrogens (tertiary/aromatic N) is 1. The van der Waals surface area contributed by atoms with Crippen LogP contribution >= 0.6 is 0 Å². The van der Waals surface area contributed by atoms with E-state index in [0.29, 0.717) is 5.75 Å². The van der Waals surface area contributed by atoms with Gasteiger partial charge in [0.15, 0.2) is 6.10 Å². The topological polar surface area (TPSA) is 38.8 Å². The Balaban J connectivity index is 1.59. The maximum absolute atomic E-state index is 12.8. The van der Waals surface area contributed by atoms with Crippen molar-refractivity contribution in [1.82, 2.24) is 0 Å². The van der Waals surface area contributed by atoms with Crippen LogP contribution in [0.1, 0.15) is 0 Å². The number of rotatable bonds is 5. The van der Waals surface area contributed by atoms with Crippen molar-refractivity contribution in [3.8, 4) is 11.5 Å². The lowest BCUT2D eigenvalue weighted by Crippen LogP contribution is -2.69. The zero-order valence-corrected chi connectivity index (χ0v) is 13.8. The van der Waals surface area contributed by atoms with Crippen molar-refractivity contribution in [3.05, 3.63) is 86.2 Å². The standard InChI is InChI=1S/C21H18NO3/c1-24-17-13-11-16(12-14-17)22-19(15-7-5-6-8-15)20(21(22)23)25-18-9-3-2-4-10-18/h2-14,19-20H,1H3/t19-,20-/m0/s1. The highest BCUT2D eigenvalue weighted by Gasteiger charge is 2.54. The Kier molecular flexibility index (Phi) is 4.35. The first-order valence-corrected chi connectivity index (χ1v) is 8.18. The number of methoxy groups -OCH3 is 1. The van der Waals surface area contributed by atoms with Gasteiger partial charge < -0.3 is 14.4 Å². The molecule has 1 saturated carbocycles. The van der Waals surface area contributed by atoms with Gasteiger partial charge in [-0.2, -0.15) is 0 Å². The normalized spacial score (nSPS) is 23.4. The van der Waals surface area contributed by atoms with Crippen LogP contribution in [0.25, 0.3) is 0 Å². The molecule has 25 heavy (non-hydrogen) atoms. The predicted molar refractivity (Wildman–Crippen MR) is 95.6 cm³/mol. The first-order valence-electron chi connectivity index (χ1n) is 8.18. The van der Waals surface area contributed by atoms with Crippen molar-refractivity contribution in [1.29, 1.82) is 0 Å². The van der Waals surface area contributed by atoms with Crippen molar-refractivity contribution < 1.29 is 14.3 Å². The third-order valence-electron chi connectivity index (χ3n) is 4.43. The highest BCUT2D eigenvalue weighted by molar-refractivity contribution is 6.06. The first-order chi connectivity index (χ1) is 12.3. The largest absolute Gasteiger partial charge is 0.497 e. The Morgan fingerprint density at radius 2 is 1.56 bits per heavy atom. The number of carbonyl (C=O) groups excluding carboxylic acids is 1. The van der Waals surface area contributed by atoms with E-state index in [-0.39, 0.29) is 11.9 Å². The molecule has 2 atom stereocenters. The quantitative estimate of drug-likeness (QED) is 0.789. The molecule has 2 aliphatic rings. The lowest BCUT2D eigenvalue weighted by atomic mass is 9.84. The number of carbonyl (C=O) groups is 1. The minimum atomic E-state index is -0.521. The average molecular weight is 332 g/mol. The Labute approximate surface area is 148 Å². The Morgan fingerprint density at radius 1 is 0.880 bits per heavy atom. The lowest BCUT2D eigenvalue weighted by molar-refractivity contribution is -0.134. The summed E-state index contributed by atoms with van der Waals surface area (Å²) in [6, 6.07) is 16.8. The van der Waals surface area contributed by atoms with Gasteiger partial charge in [-0.3, -0.25) is 4.79 Å². The first kappa shape index (κ1) is 16.0. The molecule has 1 aliphatic heterocycles. The zero-order valence-electron chi connectivity index (χ0n) is 13.8. The van der Waals surface area contributed by atoms with E-state index in [1.165, 1.54) is 0 Å². The predicted octanol–water partition coefficient (Wildman–Crippen LogP) is 3.26. The van der Waals surface area contributed by atoms with E-state index in [1.807, 2.05) is 80.3 Å². The van der Waals surface area contributed by atoms with Gasteiger partial charge in [0, 0.05) is 11.6 Å². The third-order valence-corrected chi connectivity index (χ3v) is 4.43. The number of anilines is 1. The average Bonchev–Trinajstić information content (AvgIpc) is 3.19. The van der Waals surface area contributed by atoms with Gasteiger partial charge >= 0.3 is 0 Å². The van der Waals surface area contributed by atoms with Crippen LogP contribution in [0.4, 0.5) is 5.69 Å². The van der Waals surface area contributed by atoms with Crippen LogP contribution < -0.4 is 14.4 Å². The van der Waals surface area contributed by atoms with Crippen LogP contribution in [-0.4, -0.2) is 25.2 Å². The second-order valence-corrected chi connectivity index (χ2v) is 5.92. The molecule has 0 spiro atoms. The molecule has 2 aromatic carbocycles. The molecule has 1 amide bonds. The smallest absolute Gasteiger partial charge is 0.270 e. The molecule has 5 radical (unpaired) electrons. The number of benzene rings is 2. The molecule has 0 bridgehead atoms. The fourth-order valence-corrected chi connectivity index (χ4v) is 3.16. The molecule has 4 nitrogen and oxygen atoms in total. The zero-order chi connectivity index (χ0) is 17.2. The molecule has 1 heterocycles. The molecular weight excluding hydrogens is 314 g/mol. The van der Waals surface area contributed by atoms with Gasteiger partial charge in [0.2, 0.25) is 0 Å². The molecular formula is C21H18NO3. The van der Waals surface area contributed by atoms with Gasteiger partial charge in [-0.05, 0) is 62.1 Å². The van der Waals surface area contributed by atoms with Crippen molar-refractivity contribution in [2.75, 3.05) is 12.0 Å². The van der Waals surface area contributed by atoms with E-state index in [4.69, 9.17) is 9.47 Å². The molecule has 4 heteroatoms. The van der Waals surface area contributed by atoms with E-state index in [2.05, 4.69) is 0 Å². The minimum Gasteiger partial charge on any atom is -0.497 e. The van der Waals surface area contributed by atoms with Gasteiger partial charge in [0.05, 0.1) is 13.2 Å². The Bertz CT molecular complexity index is 723. The number of hydrogen-bond acceptors (Lipinski definition) is 3.